The summed E-state index contributed by atoms with van der Waals surface area (Å²) in [5.41, 5.74) is 0. The van der Waals surface area contributed by atoms with Gasteiger partial charge >= 0.3 is 31.1 Å². The van der Waals surface area contributed by atoms with Gasteiger partial charge in [-0.1, -0.05) is 0 Å². The zero-order chi connectivity index (χ0) is 3.58. The summed E-state index contributed by atoms with van der Waals surface area (Å²) in [4.78, 5) is 0. The average Bonchev–Trinajstić information content (AvgIpc) is 0.811. The van der Waals surface area contributed by atoms with E-state index >= 15 is 0 Å². The summed E-state index contributed by atoms with van der Waals surface area (Å²) < 4.78 is 25.3. The van der Waals surface area contributed by atoms with Gasteiger partial charge in [0.1, 0.15) is 0 Å². The van der Waals surface area contributed by atoms with Crippen molar-refractivity contribution < 1.29 is 66.3 Å². The maximum Gasteiger partial charge on any atom is 4.00 e. The Morgan fingerprint density at radius 2 is 0.889 bits per heavy atom. The fourth-order valence-electron chi connectivity index (χ4n) is 0. The second-order valence-corrected chi connectivity index (χ2v) is 0.612. The molecule has 7 nitrogen and oxygen atoms in total. The van der Waals surface area contributed by atoms with E-state index in [0.717, 1.165) is 0 Å². The number of hydrogen-bond donors (Lipinski definition) is 0. The van der Waals surface area contributed by atoms with Gasteiger partial charge in [-0.25, -0.2) is 0 Å². The van der Waals surface area contributed by atoms with E-state index < -0.39 is 11.4 Å². The molecule has 0 fully saturated rings. The summed E-state index contributed by atoms with van der Waals surface area (Å²) in [5.74, 6) is 0. The molecule has 0 spiro atoms. The second kappa shape index (κ2) is 36.2. The normalized spacial score (nSPS) is 3.89. The molecule has 0 aliphatic carbocycles. The maximum atomic E-state index is 8.44. The van der Waals surface area contributed by atoms with Crippen molar-refractivity contribution >= 4 is 11.4 Å². The first kappa shape index (κ1) is 51.0. The van der Waals surface area contributed by atoms with E-state index in [0.29, 0.717) is 0 Å². The van der Waals surface area contributed by atoms with Gasteiger partial charge in [0.2, 0.25) is 0 Å². The summed E-state index contributed by atoms with van der Waals surface area (Å²) in [6.45, 7) is 0. The van der Waals surface area contributed by atoms with E-state index in [2.05, 4.69) is 0 Å². The minimum absolute atomic E-state index is 0. The predicted octanol–water partition coefficient (Wildman–Crippen LogP) is -4.30. The summed E-state index contributed by atoms with van der Waals surface area (Å²) in [6.07, 6.45) is 0. The molecule has 0 saturated carbocycles. The molecular formula is H8O7SU+2. The van der Waals surface area contributed by atoms with Crippen LogP contribution >= 0.6 is 0 Å². The Morgan fingerprint density at radius 1 is 0.889 bits per heavy atom. The van der Waals surface area contributed by atoms with Crippen LogP contribution in [0.5, 0.6) is 0 Å². The van der Waals surface area contributed by atoms with Crippen molar-refractivity contribution in [3.8, 4) is 0 Å². The number of hydrogen-bond acceptors (Lipinski definition) is 3. The van der Waals surface area contributed by atoms with Gasteiger partial charge in [-0.15, -0.1) is 11.4 Å². The topological polar surface area (TPSA) is 189 Å². The fraction of sp³-hybridized carbons (Fsp3) is 0. The molecule has 0 radical (unpaired) electrons. The van der Waals surface area contributed by atoms with Crippen LogP contribution in [-0.4, -0.2) is 35.2 Å². The molecule has 58 valence electrons. The third-order valence-corrected chi connectivity index (χ3v) is 0. The van der Waals surface area contributed by atoms with Crippen molar-refractivity contribution in [2.24, 2.45) is 0 Å². The first-order chi connectivity index (χ1) is 1.73. The van der Waals surface area contributed by atoms with Crippen LogP contribution in [0.3, 0.4) is 0 Å². The zero-order valence-electron chi connectivity index (χ0n) is 4.13. The maximum absolute atomic E-state index is 8.44. The third kappa shape index (κ3) is 469. The van der Waals surface area contributed by atoms with E-state index in [9.17, 15) is 0 Å². The summed E-state index contributed by atoms with van der Waals surface area (Å²) >= 11 is -3.11. The Bertz CT molecular complexity index is 31.9. The van der Waals surface area contributed by atoms with E-state index in [1.165, 1.54) is 0 Å². The van der Waals surface area contributed by atoms with Crippen LogP contribution in [0, 0.1) is 31.1 Å². The van der Waals surface area contributed by atoms with Gasteiger partial charge in [0, 0.05) is 0 Å². The Balaban J connectivity index is -0.00000000450. The molecule has 8 N–H and O–H groups in total. The van der Waals surface area contributed by atoms with Crippen LogP contribution in [0.2, 0.25) is 0 Å². The Morgan fingerprint density at radius 3 is 0.889 bits per heavy atom. The minimum atomic E-state index is -3.11. The Hall–Kier alpha value is 0.962. The van der Waals surface area contributed by atoms with Crippen molar-refractivity contribution in [1.82, 2.24) is 0 Å². The van der Waals surface area contributed by atoms with Crippen molar-refractivity contribution in [3.05, 3.63) is 0 Å². The molecule has 0 aliphatic rings. The number of rotatable bonds is 0. The second-order valence-electron chi connectivity index (χ2n) is 0.204. The van der Waals surface area contributed by atoms with Crippen LogP contribution in [0.4, 0.5) is 0 Å². The monoisotopic (exact) mass is 390 g/mol. The van der Waals surface area contributed by atoms with Crippen molar-refractivity contribution in [1.29, 1.82) is 0 Å². The molecule has 0 saturated heterocycles. The molecular weight excluding hydrogens is 382 g/mol. The van der Waals surface area contributed by atoms with Crippen LogP contribution in [-0.2, 0) is 11.4 Å². The molecule has 0 aromatic rings. The van der Waals surface area contributed by atoms with E-state index in [1.54, 1.807) is 0 Å². The molecule has 0 atom stereocenters. The van der Waals surface area contributed by atoms with Gasteiger partial charge in [0.15, 0.2) is 0 Å². The van der Waals surface area contributed by atoms with Crippen LogP contribution in [0.25, 0.3) is 0 Å². The molecule has 0 rings (SSSR count). The molecule has 9 heavy (non-hydrogen) atoms. The third-order valence-electron chi connectivity index (χ3n) is 0. The van der Waals surface area contributed by atoms with Gasteiger partial charge in [-0.2, -0.15) is 0 Å². The van der Waals surface area contributed by atoms with Gasteiger partial charge in [-0.3, -0.25) is 4.21 Å². The standard InChI is InChI=1S/H2O3S.4H2O.U/c1-4(2)3;;;;;/h(H2,1,2,3);4*1H2;/q;;;;;+4/p-2. The molecule has 9 heteroatoms. The molecule has 0 amide bonds. The summed E-state index contributed by atoms with van der Waals surface area (Å²) in [5, 5.41) is 0. The van der Waals surface area contributed by atoms with Gasteiger partial charge in [0.25, 0.3) is 0 Å². The fourth-order valence-corrected chi connectivity index (χ4v) is 0. The van der Waals surface area contributed by atoms with Crippen LogP contribution in [0.1, 0.15) is 0 Å². The SMILES string of the molecule is O.O.O.O.O=S([O-])[O-].[U+4]. The van der Waals surface area contributed by atoms with E-state index in [-0.39, 0.29) is 53.0 Å². The van der Waals surface area contributed by atoms with E-state index in [4.69, 9.17) is 13.3 Å². The first-order valence-corrected chi connectivity index (χ1v) is 1.50. The zero-order valence-corrected chi connectivity index (χ0v) is 9.11. The molecule has 0 aromatic heterocycles. The quantitative estimate of drug-likeness (QED) is 0.379. The molecule has 0 aromatic carbocycles. The smallest absolute Gasteiger partial charge is 0.784 e. The van der Waals surface area contributed by atoms with Gasteiger partial charge in [0.05, 0.1) is 0 Å². The molecule has 0 aliphatic heterocycles. The Kier molecular flexibility index (Phi) is 205. The Labute approximate surface area is 77.6 Å². The van der Waals surface area contributed by atoms with E-state index in [1.807, 2.05) is 0 Å². The largest absolute Gasteiger partial charge is 4.00 e. The van der Waals surface area contributed by atoms with Crippen LogP contribution in [0.15, 0.2) is 0 Å². The molecule has 0 unspecified atom stereocenters. The summed E-state index contributed by atoms with van der Waals surface area (Å²) in [6, 6.07) is 0. The van der Waals surface area contributed by atoms with Gasteiger partial charge in [-0.05, 0) is 0 Å². The predicted molar refractivity (Wildman–Crippen MR) is 24.2 cm³/mol. The summed E-state index contributed by atoms with van der Waals surface area (Å²) in [7, 11) is 0. The first-order valence-electron chi connectivity index (χ1n) is 0.500. The molecule has 0 bridgehead atoms. The van der Waals surface area contributed by atoms with Crippen molar-refractivity contribution in [2.45, 2.75) is 0 Å². The molecule has 0 heterocycles. The van der Waals surface area contributed by atoms with Crippen molar-refractivity contribution in [3.63, 3.8) is 0 Å². The van der Waals surface area contributed by atoms with Gasteiger partial charge < -0.3 is 31.0 Å². The average molecular weight is 390 g/mol. The minimum Gasteiger partial charge on any atom is -0.784 e. The van der Waals surface area contributed by atoms with Crippen molar-refractivity contribution in [2.75, 3.05) is 0 Å². The van der Waals surface area contributed by atoms with Crippen LogP contribution < -0.4 is 0 Å².